The number of nitrogens with zero attached hydrogens (tertiary/aromatic N) is 6. The van der Waals surface area contributed by atoms with Crippen LogP contribution >= 0.6 is 0 Å². The molecule has 156 valence electrons. The Morgan fingerprint density at radius 3 is 2.62 bits per heavy atom. The molecule has 5 rings (SSSR count). The van der Waals surface area contributed by atoms with Crippen LogP contribution in [0.15, 0.2) is 10.9 Å². The number of aryl methyl sites for hydroxylation is 1. The molecule has 8 heteroatoms. The van der Waals surface area contributed by atoms with Gasteiger partial charge in [-0.25, -0.2) is 4.98 Å². The highest BCUT2D eigenvalue weighted by Gasteiger charge is 2.34. The number of hydrogen-bond donors (Lipinski definition) is 0. The Labute approximate surface area is 171 Å². The van der Waals surface area contributed by atoms with Gasteiger partial charge >= 0.3 is 0 Å². The standard InChI is InChI=1S/C21H30N6O2/c1-15-18-19(22-14-23-20(18)29-24-15)25-11-6-17(7-12-25)27-10-4-5-16(13-27)21(28)26-8-2-3-9-26/h14,16-17H,2-13H2,1H3/t16-/m0/s1. The highest BCUT2D eigenvalue weighted by molar-refractivity contribution is 5.87. The van der Waals surface area contributed by atoms with Crippen molar-refractivity contribution in [2.45, 2.75) is 51.5 Å². The molecule has 1 amide bonds. The molecule has 0 radical (unpaired) electrons. The van der Waals surface area contributed by atoms with Crippen LogP contribution in [0.4, 0.5) is 5.82 Å². The van der Waals surface area contributed by atoms with Gasteiger partial charge in [0.2, 0.25) is 5.91 Å². The van der Waals surface area contributed by atoms with Crippen LogP contribution in [0.25, 0.3) is 11.1 Å². The van der Waals surface area contributed by atoms with Gasteiger partial charge in [-0.15, -0.1) is 0 Å². The molecular formula is C21H30N6O2. The number of carbonyl (C=O) groups is 1. The fraction of sp³-hybridized carbons (Fsp3) is 0.714. The van der Waals surface area contributed by atoms with Crippen molar-refractivity contribution in [2.75, 3.05) is 44.2 Å². The third-order valence-electron chi connectivity index (χ3n) is 6.92. The number of aromatic nitrogens is 3. The zero-order valence-corrected chi connectivity index (χ0v) is 17.2. The van der Waals surface area contributed by atoms with E-state index in [2.05, 4.69) is 29.8 Å². The summed E-state index contributed by atoms with van der Waals surface area (Å²) < 4.78 is 5.30. The van der Waals surface area contributed by atoms with E-state index in [-0.39, 0.29) is 5.92 Å². The SMILES string of the molecule is Cc1noc2ncnc(N3CCC(N4CCC[C@H](C(=O)N5CCCC5)C4)CC3)c12. The van der Waals surface area contributed by atoms with Crippen LogP contribution in [-0.4, -0.2) is 76.1 Å². The van der Waals surface area contributed by atoms with Gasteiger partial charge in [0.25, 0.3) is 5.71 Å². The van der Waals surface area contributed by atoms with Crippen molar-refractivity contribution < 1.29 is 9.32 Å². The zero-order valence-electron chi connectivity index (χ0n) is 17.2. The number of carbonyl (C=O) groups excluding carboxylic acids is 1. The van der Waals surface area contributed by atoms with Crippen molar-refractivity contribution in [1.82, 2.24) is 24.9 Å². The van der Waals surface area contributed by atoms with Crippen LogP contribution in [0.1, 0.15) is 44.2 Å². The molecule has 0 spiro atoms. The largest absolute Gasteiger partial charge is 0.356 e. The Hall–Kier alpha value is -2.22. The van der Waals surface area contributed by atoms with E-state index in [4.69, 9.17) is 4.52 Å². The van der Waals surface area contributed by atoms with Crippen LogP contribution in [0.3, 0.4) is 0 Å². The molecule has 0 aliphatic carbocycles. The van der Waals surface area contributed by atoms with Crippen LogP contribution in [0.2, 0.25) is 0 Å². The number of likely N-dealkylation sites (tertiary alicyclic amines) is 2. The molecular weight excluding hydrogens is 368 g/mol. The first kappa shape index (κ1) is 18.8. The molecule has 8 nitrogen and oxygen atoms in total. The summed E-state index contributed by atoms with van der Waals surface area (Å²) in [6, 6.07) is 0.557. The minimum Gasteiger partial charge on any atom is -0.356 e. The average molecular weight is 399 g/mol. The van der Waals surface area contributed by atoms with Crippen LogP contribution < -0.4 is 4.90 Å². The molecule has 1 atom stereocenters. The van der Waals surface area contributed by atoms with Crippen molar-refractivity contribution in [3.8, 4) is 0 Å². The van der Waals surface area contributed by atoms with Crippen molar-refractivity contribution >= 4 is 22.8 Å². The third-order valence-corrected chi connectivity index (χ3v) is 6.92. The molecule has 3 aliphatic rings. The van der Waals surface area contributed by atoms with E-state index >= 15 is 0 Å². The minimum atomic E-state index is 0.195. The van der Waals surface area contributed by atoms with E-state index < -0.39 is 0 Å². The van der Waals surface area contributed by atoms with Gasteiger partial charge in [0.1, 0.15) is 17.5 Å². The predicted octanol–water partition coefficient (Wildman–Crippen LogP) is 2.23. The zero-order chi connectivity index (χ0) is 19.8. The first-order chi connectivity index (χ1) is 14.2. The van der Waals surface area contributed by atoms with E-state index in [1.165, 1.54) is 12.8 Å². The Kier molecular flexibility index (Phi) is 5.11. The summed E-state index contributed by atoms with van der Waals surface area (Å²) in [5.41, 5.74) is 1.41. The number of anilines is 1. The van der Waals surface area contributed by atoms with E-state index in [1.54, 1.807) is 6.33 Å². The fourth-order valence-electron chi connectivity index (χ4n) is 5.32. The Morgan fingerprint density at radius 2 is 1.83 bits per heavy atom. The van der Waals surface area contributed by atoms with Gasteiger partial charge < -0.3 is 14.3 Å². The fourth-order valence-corrected chi connectivity index (χ4v) is 5.32. The number of fused-ring (bicyclic) bond motifs is 1. The van der Waals surface area contributed by atoms with Crippen LogP contribution in [0.5, 0.6) is 0 Å². The predicted molar refractivity (Wildman–Crippen MR) is 110 cm³/mol. The highest BCUT2D eigenvalue weighted by atomic mass is 16.5. The van der Waals surface area contributed by atoms with Gasteiger partial charge in [-0.2, -0.15) is 4.98 Å². The maximum Gasteiger partial charge on any atom is 0.263 e. The molecule has 0 N–H and O–H groups in total. The first-order valence-electron chi connectivity index (χ1n) is 11.1. The second-order valence-electron chi connectivity index (χ2n) is 8.73. The monoisotopic (exact) mass is 398 g/mol. The molecule has 0 saturated carbocycles. The van der Waals surface area contributed by atoms with Crippen molar-refractivity contribution in [1.29, 1.82) is 0 Å². The topological polar surface area (TPSA) is 78.6 Å². The van der Waals surface area contributed by atoms with Gasteiger partial charge in [0.05, 0.1) is 11.6 Å². The van der Waals surface area contributed by atoms with Crippen molar-refractivity contribution in [2.24, 2.45) is 5.92 Å². The maximum absolute atomic E-state index is 12.9. The summed E-state index contributed by atoms with van der Waals surface area (Å²) in [6.07, 6.45) is 8.28. The van der Waals surface area contributed by atoms with E-state index in [0.29, 0.717) is 17.7 Å². The molecule has 5 heterocycles. The van der Waals surface area contributed by atoms with Gasteiger partial charge in [-0.3, -0.25) is 9.69 Å². The number of rotatable bonds is 3. The van der Waals surface area contributed by atoms with Crippen LogP contribution in [0, 0.1) is 12.8 Å². The molecule has 2 aromatic rings. The molecule has 29 heavy (non-hydrogen) atoms. The van der Waals surface area contributed by atoms with E-state index in [0.717, 1.165) is 81.8 Å². The summed E-state index contributed by atoms with van der Waals surface area (Å²) in [7, 11) is 0. The Bertz CT molecular complexity index is 869. The van der Waals surface area contributed by atoms with Crippen molar-refractivity contribution in [3.05, 3.63) is 12.0 Å². The molecule has 0 aromatic carbocycles. The smallest absolute Gasteiger partial charge is 0.263 e. The maximum atomic E-state index is 12.9. The average Bonchev–Trinajstić information content (AvgIpc) is 3.44. The van der Waals surface area contributed by atoms with Gasteiger partial charge in [-0.1, -0.05) is 5.16 Å². The number of piperidine rings is 2. The second kappa shape index (κ2) is 7.89. The molecule has 0 unspecified atom stereocenters. The minimum absolute atomic E-state index is 0.195. The lowest BCUT2D eigenvalue weighted by molar-refractivity contribution is -0.136. The quantitative estimate of drug-likeness (QED) is 0.784. The first-order valence-corrected chi connectivity index (χ1v) is 11.1. The van der Waals surface area contributed by atoms with E-state index in [1.807, 2.05) is 6.92 Å². The summed E-state index contributed by atoms with van der Waals surface area (Å²) >= 11 is 0. The molecule has 3 aliphatic heterocycles. The van der Waals surface area contributed by atoms with Crippen LogP contribution in [-0.2, 0) is 4.79 Å². The summed E-state index contributed by atoms with van der Waals surface area (Å²) in [6.45, 7) is 7.84. The highest BCUT2D eigenvalue weighted by Crippen LogP contribution is 2.30. The van der Waals surface area contributed by atoms with Crippen molar-refractivity contribution in [3.63, 3.8) is 0 Å². The van der Waals surface area contributed by atoms with Gasteiger partial charge in [-0.05, 0) is 52.0 Å². The number of amides is 1. The third kappa shape index (κ3) is 3.58. The lowest BCUT2D eigenvalue weighted by atomic mass is 9.93. The Balaban J connectivity index is 1.22. The Morgan fingerprint density at radius 1 is 1.03 bits per heavy atom. The molecule has 0 bridgehead atoms. The lowest BCUT2D eigenvalue weighted by Gasteiger charge is -2.42. The summed E-state index contributed by atoms with van der Waals surface area (Å²) in [5, 5.41) is 4.98. The second-order valence-corrected chi connectivity index (χ2v) is 8.73. The summed E-state index contributed by atoms with van der Waals surface area (Å²) in [4.78, 5) is 28.6. The van der Waals surface area contributed by atoms with Gasteiger partial charge in [0.15, 0.2) is 0 Å². The summed E-state index contributed by atoms with van der Waals surface area (Å²) in [5.74, 6) is 1.53. The molecule has 2 aromatic heterocycles. The normalized spacial score (nSPS) is 24.5. The number of hydrogen-bond acceptors (Lipinski definition) is 7. The lowest BCUT2D eigenvalue weighted by Crippen LogP contribution is -2.51. The van der Waals surface area contributed by atoms with Gasteiger partial charge in [0, 0.05) is 38.8 Å². The molecule has 3 saturated heterocycles. The van der Waals surface area contributed by atoms with E-state index in [9.17, 15) is 4.79 Å². The molecule has 3 fully saturated rings.